The molecule has 1 unspecified atom stereocenters. The minimum atomic E-state index is -0.952. The Kier molecular flexibility index (Phi) is 6.25. The van der Waals surface area contributed by atoms with Crippen LogP contribution in [0.4, 0.5) is 5.69 Å². The molecule has 0 aromatic heterocycles. The van der Waals surface area contributed by atoms with Crippen LogP contribution in [0.15, 0.2) is 60.7 Å². The van der Waals surface area contributed by atoms with Crippen LogP contribution < -0.4 is 5.32 Å². The van der Waals surface area contributed by atoms with E-state index in [0.29, 0.717) is 11.3 Å². The number of methoxy groups -OCH3 is 1. The second-order valence-electron chi connectivity index (χ2n) is 5.25. The van der Waals surface area contributed by atoms with Gasteiger partial charge in [-0.25, -0.2) is 0 Å². The summed E-state index contributed by atoms with van der Waals surface area (Å²) in [7, 11) is 1.28. The molecule has 0 saturated carbocycles. The number of amides is 1. The lowest BCUT2D eigenvalue weighted by atomic mass is 9.92. The molecule has 5 heteroatoms. The van der Waals surface area contributed by atoms with Crippen LogP contribution in [-0.2, 0) is 14.3 Å². The van der Waals surface area contributed by atoms with Gasteiger partial charge in [0.2, 0.25) is 5.91 Å². The highest BCUT2D eigenvalue weighted by Crippen LogP contribution is 2.18. The Balaban J connectivity index is 2.16. The summed E-state index contributed by atoms with van der Waals surface area (Å²) in [5.74, 6) is -2.15. The Morgan fingerprint density at radius 3 is 2.12 bits per heavy atom. The molecule has 2 rings (SSSR count). The van der Waals surface area contributed by atoms with E-state index in [1.165, 1.54) is 7.11 Å². The molecule has 1 N–H and O–H groups in total. The fraction of sp³-hybridized carbons (Fsp3) is 0.211. The van der Waals surface area contributed by atoms with Crippen LogP contribution in [0.25, 0.3) is 0 Å². The van der Waals surface area contributed by atoms with E-state index in [-0.39, 0.29) is 18.6 Å². The van der Waals surface area contributed by atoms with Gasteiger partial charge in [-0.05, 0) is 18.6 Å². The number of ether oxygens (including phenoxy) is 1. The largest absolute Gasteiger partial charge is 0.469 e. The average molecular weight is 325 g/mol. The van der Waals surface area contributed by atoms with E-state index >= 15 is 0 Å². The summed E-state index contributed by atoms with van der Waals surface area (Å²) in [5, 5.41) is 2.72. The molecule has 0 spiro atoms. The van der Waals surface area contributed by atoms with Crippen molar-refractivity contribution in [1.29, 1.82) is 0 Å². The van der Waals surface area contributed by atoms with Crippen molar-refractivity contribution < 1.29 is 19.1 Å². The number of Topliss-reactive ketones (excluding diaryl/α,β-unsaturated/α-hetero) is 1. The van der Waals surface area contributed by atoms with E-state index in [2.05, 4.69) is 10.1 Å². The number of rotatable bonds is 7. The van der Waals surface area contributed by atoms with Gasteiger partial charge in [-0.1, -0.05) is 48.5 Å². The molecule has 0 aliphatic rings. The number of benzene rings is 2. The number of hydrogen-bond donors (Lipinski definition) is 1. The predicted molar refractivity (Wildman–Crippen MR) is 90.6 cm³/mol. The molecule has 2 aromatic carbocycles. The normalized spacial score (nSPS) is 11.4. The molecule has 0 radical (unpaired) electrons. The smallest absolute Gasteiger partial charge is 0.305 e. The van der Waals surface area contributed by atoms with Crippen LogP contribution in [0, 0.1) is 5.92 Å². The Morgan fingerprint density at radius 1 is 0.958 bits per heavy atom. The molecule has 0 bridgehead atoms. The second kappa shape index (κ2) is 8.62. The van der Waals surface area contributed by atoms with Crippen molar-refractivity contribution in [3.63, 3.8) is 0 Å². The van der Waals surface area contributed by atoms with Crippen LogP contribution in [0.5, 0.6) is 0 Å². The Hall–Kier alpha value is -2.95. The number of esters is 1. The zero-order valence-corrected chi connectivity index (χ0v) is 13.4. The lowest BCUT2D eigenvalue weighted by Crippen LogP contribution is -2.30. The maximum absolute atomic E-state index is 12.7. The Labute approximate surface area is 140 Å². The van der Waals surface area contributed by atoms with Crippen LogP contribution >= 0.6 is 0 Å². The molecule has 0 fully saturated rings. The van der Waals surface area contributed by atoms with Gasteiger partial charge >= 0.3 is 5.97 Å². The Morgan fingerprint density at radius 2 is 1.54 bits per heavy atom. The molecule has 5 nitrogen and oxygen atoms in total. The maximum atomic E-state index is 12.7. The van der Waals surface area contributed by atoms with Gasteiger partial charge in [0, 0.05) is 17.7 Å². The first-order chi connectivity index (χ1) is 11.6. The summed E-state index contributed by atoms with van der Waals surface area (Å²) in [5.41, 5.74) is 1.04. The van der Waals surface area contributed by atoms with Crippen molar-refractivity contribution in [2.45, 2.75) is 12.8 Å². The number of carbonyl (C=O) groups excluding carboxylic acids is 3. The standard InChI is InChI=1S/C19H19NO4/c1-24-17(21)13-12-16(18(22)14-8-4-2-5-9-14)19(23)20-15-10-6-3-7-11-15/h2-11,16H,12-13H2,1H3,(H,20,23). The molecule has 24 heavy (non-hydrogen) atoms. The van der Waals surface area contributed by atoms with Crippen LogP contribution in [-0.4, -0.2) is 24.8 Å². The summed E-state index contributed by atoms with van der Waals surface area (Å²) >= 11 is 0. The van der Waals surface area contributed by atoms with Crippen molar-refractivity contribution in [3.8, 4) is 0 Å². The van der Waals surface area contributed by atoms with E-state index in [1.54, 1.807) is 54.6 Å². The van der Waals surface area contributed by atoms with Gasteiger partial charge in [-0.2, -0.15) is 0 Å². The van der Waals surface area contributed by atoms with Crippen molar-refractivity contribution >= 4 is 23.3 Å². The summed E-state index contributed by atoms with van der Waals surface area (Å²) in [6.07, 6.45) is 0.0982. The molecule has 0 aliphatic carbocycles. The molecule has 0 saturated heterocycles. The summed E-state index contributed by atoms with van der Waals surface area (Å²) in [6, 6.07) is 17.5. The first kappa shape index (κ1) is 17.4. The third-order valence-corrected chi connectivity index (χ3v) is 3.60. The molecular formula is C19H19NO4. The van der Waals surface area contributed by atoms with Gasteiger partial charge in [0.25, 0.3) is 0 Å². The lowest BCUT2D eigenvalue weighted by Gasteiger charge is -2.15. The van der Waals surface area contributed by atoms with Crippen molar-refractivity contribution in [3.05, 3.63) is 66.2 Å². The van der Waals surface area contributed by atoms with Crippen molar-refractivity contribution in [2.24, 2.45) is 5.92 Å². The quantitative estimate of drug-likeness (QED) is 0.482. The van der Waals surface area contributed by atoms with E-state index in [4.69, 9.17) is 0 Å². The topological polar surface area (TPSA) is 72.5 Å². The van der Waals surface area contributed by atoms with E-state index in [9.17, 15) is 14.4 Å². The maximum Gasteiger partial charge on any atom is 0.305 e. The summed E-state index contributed by atoms with van der Waals surface area (Å²) < 4.78 is 4.60. The number of carbonyl (C=O) groups is 3. The van der Waals surface area contributed by atoms with Gasteiger partial charge in [-0.15, -0.1) is 0 Å². The molecule has 0 aliphatic heterocycles. The van der Waals surface area contributed by atoms with Crippen LogP contribution in [0.1, 0.15) is 23.2 Å². The fourth-order valence-corrected chi connectivity index (χ4v) is 2.30. The number of para-hydroxylation sites is 1. The minimum absolute atomic E-state index is 0.00193. The van der Waals surface area contributed by atoms with Crippen molar-refractivity contribution in [2.75, 3.05) is 12.4 Å². The van der Waals surface area contributed by atoms with Gasteiger partial charge in [0.15, 0.2) is 5.78 Å². The van der Waals surface area contributed by atoms with E-state index in [0.717, 1.165) is 0 Å². The highest BCUT2D eigenvalue weighted by atomic mass is 16.5. The van der Waals surface area contributed by atoms with Crippen LogP contribution in [0.2, 0.25) is 0 Å². The third kappa shape index (κ3) is 4.78. The molecule has 1 amide bonds. The molecular weight excluding hydrogens is 306 g/mol. The zero-order valence-electron chi connectivity index (χ0n) is 13.4. The van der Waals surface area contributed by atoms with Gasteiger partial charge in [0.1, 0.15) is 5.92 Å². The Bertz CT molecular complexity index is 698. The average Bonchev–Trinajstić information content (AvgIpc) is 2.63. The molecule has 1 atom stereocenters. The first-order valence-electron chi connectivity index (χ1n) is 7.64. The first-order valence-corrected chi connectivity index (χ1v) is 7.64. The fourth-order valence-electron chi connectivity index (χ4n) is 2.30. The zero-order chi connectivity index (χ0) is 17.4. The SMILES string of the molecule is COC(=O)CCC(C(=O)Nc1ccccc1)C(=O)c1ccccc1. The third-order valence-electron chi connectivity index (χ3n) is 3.60. The van der Waals surface area contributed by atoms with Gasteiger partial charge in [0.05, 0.1) is 7.11 Å². The predicted octanol–water partition coefficient (Wildman–Crippen LogP) is 3.08. The number of anilines is 1. The molecule has 124 valence electrons. The number of ketones is 1. The van der Waals surface area contributed by atoms with Gasteiger partial charge < -0.3 is 10.1 Å². The van der Waals surface area contributed by atoms with E-state index < -0.39 is 17.8 Å². The highest BCUT2D eigenvalue weighted by molar-refractivity contribution is 6.13. The monoisotopic (exact) mass is 325 g/mol. The molecule has 0 heterocycles. The van der Waals surface area contributed by atoms with Crippen LogP contribution in [0.3, 0.4) is 0 Å². The minimum Gasteiger partial charge on any atom is -0.469 e. The van der Waals surface area contributed by atoms with E-state index in [1.807, 2.05) is 6.07 Å². The van der Waals surface area contributed by atoms with Crippen molar-refractivity contribution in [1.82, 2.24) is 0 Å². The number of nitrogens with one attached hydrogen (secondary N) is 1. The summed E-state index contributed by atoms with van der Waals surface area (Å²) in [4.78, 5) is 36.6. The highest BCUT2D eigenvalue weighted by Gasteiger charge is 2.28. The van der Waals surface area contributed by atoms with Gasteiger partial charge in [-0.3, -0.25) is 14.4 Å². The molecule has 2 aromatic rings. The lowest BCUT2D eigenvalue weighted by molar-refractivity contribution is -0.140. The second-order valence-corrected chi connectivity index (χ2v) is 5.25. The number of hydrogen-bond acceptors (Lipinski definition) is 4. The summed E-state index contributed by atoms with van der Waals surface area (Å²) in [6.45, 7) is 0.